The number of alkyl halides is 3. The van der Waals surface area contributed by atoms with E-state index >= 15 is 0 Å². The van der Waals surface area contributed by atoms with E-state index in [0.717, 1.165) is 17.1 Å². The van der Waals surface area contributed by atoms with E-state index in [1.165, 1.54) is 17.8 Å². The number of fused-ring (bicyclic) bond motifs is 1. The molecule has 2 aromatic carbocycles. The molecule has 0 unspecified atom stereocenters. The van der Waals surface area contributed by atoms with Crippen molar-refractivity contribution in [3.63, 3.8) is 0 Å². The Morgan fingerprint density at radius 1 is 0.967 bits per heavy atom. The number of nitrogens with one attached hydrogen (secondary N) is 1. The fraction of sp³-hybridized carbons (Fsp3) is 0.217. The maximum atomic E-state index is 13.3. The quantitative estimate of drug-likeness (QED) is 0.364. The highest BCUT2D eigenvalue weighted by atomic mass is 35.5. The summed E-state index contributed by atoms with van der Waals surface area (Å²) in [4.78, 5) is 11.8. The minimum absolute atomic E-state index is 0.00327. The van der Waals surface area contributed by atoms with Crippen LogP contribution >= 0.6 is 11.6 Å². The third kappa shape index (κ3) is 3.79. The molecule has 0 atom stereocenters. The fourth-order valence-electron chi connectivity index (χ4n) is 3.32. The van der Waals surface area contributed by atoms with Crippen LogP contribution in [0.3, 0.4) is 0 Å². The van der Waals surface area contributed by atoms with Crippen molar-refractivity contribution in [1.29, 1.82) is 0 Å². The van der Waals surface area contributed by atoms with E-state index in [1.807, 2.05) is 12.1 Å². The van der Waals surface area contributed by atoms with Gasteiger partial charge in [-0.1, -0.05) is 50.6 Å². The van der Waals surface area contributed by atoms with Crippen LogP contribution in [0.2, 0.25) is 5.02 Å². The minimum atomic E-state index is -4.52. The molecule has 0 aliphatic rings. The highest BCUT2D eigenvalue weighted by Crippen LogP contribution is 2.39. The third-order valence-corrected chi connectivity index (χ3v) is 5.27. The Kier molecular flexibility index (Phi) is 4.85. The Bertz CT molecular complexity index is 1240. The predicted octanol–water partition coefficient (Wildman–Crippen LogP) is 7.26. The van der Waals surface area contributed by atoms with Gasteiger partial charge in [-0.05, 0) is 41.3 Å². The number of hydrogen-bond acceptors (Lipinski definition) is 2. The number of benzene rings is 2. The van der Waals surface area contributed by atoms with Crippen molar-refractivity contribution in [3.05, 3.63) is 70.9 Å². The third-order valence-electron chi connectivity index (χ3n) is 4.96. The van der Waals surface area contributed by atoms with Crippen LogP contribution < -0.4 is 0 Å². The van der Waals surface area contributed by atoms with Gasteiger partial charge in [-0.2, -0.15) is 13.2 Å². The molecule has 0 amide bonds. The van der Waals surface area contributed by atoms with Crippen LogP contribution in [-0.4, -0.2) is 15.0 Å². The summed E-state index contributed by atoms with van der Waals surface area (Å²) in [5.74, 6) is 0.599. The van der Waals surface area contributed by atoms with Crippen LogP contribution in [0.1, 0.15) is 31.9 Å². The average Bonchev–Trinajstić information content (AvgIpc) is 3.10. The van der Waals surface area contributed by atoms with E-state index in [4.69, 9.17) is 11.6 Å². The van der Waals surface area contributed by atoms with Crippen molar-refractivity contribution in [3.8, 4) is 22.6 Å². The van der Waals surface area contributed by atoms with Gasteiger partial charge in [0.25, 0.3) is 0 Å². The van der Waals surface area contributed by atoms with Gasteiger partial charge >= 0.3 is 6.18 Å². The zero-order valence-corrected chi connectivity index (χ0v) is 17.4. The maximum Gasteiger partial charge on any atom is 0.418 e. The Balaban J connectivity index is 1.76. The molecule has 1 N–H and O–H groups in total. The van der Waals surface area contributed by atoms with Crippen LogP contribution in [0.5, 0.6) is 0 Å². The van der Waals surface area contributed by atoms with E-state index in [9.17, 15) is 13.2 Å². The summed E-state index contributed by atoms with van der Waals surface area (Å²) < 4.78 is 40.0. The summed E-state index contributed by atoms with van der Waals surface area (Å²) >= 11 is 6.37. The number of aromatic amines is 1. The fourth-order valence-corrected chi connectivity index (χ4v) is 3.59. The van der Waals surface area contributed by atoms with Crippen molar-refractivity contribution < 1.29 is 13.2 Å². The number of pyridine rings is 1. The Morgan fingerprint density at radius 2 is 1.73 bits per heavy atom. The lowest BCUT2D eigenvalue weighted by molar-refractivity contribution is -0.137. The first-order valence-corrected chi connectivity index (χ1v) is 9.74. The number of aromatic nitrogens is 3. The molecule has 0 aliphatic carbocycles. The standard InChI is InChI=1S/C23H19ClF3N3/c1-22(2,3)14-7-9-18-19(12-14)30-21(29-18)13-6-8-15(17(24)11-13)20-16(23(25,26)27)5-4-10-28-20/h4-12H,1-3H3,(H,29,30). The lowest BCUT2D eigenvalue weighted by Crippen LogP contribution is -2.10. The average molecular weight is 430 g/mol. The predicted molar refractivity (Wildman–Crippen MR) is 113 cm³/mol. The molecule has 2 aromatic heterocycles. The molecule has 0 spiro atoms. The van der Waals surface area contributed by atoms with E-state index in [0.29, 0.717) is 11.4 Å². The molecule has 4 aromatic rings. The zero-order chi connectivity index (χ0) is 21.7. The Morgan fingerprint density at radius 3 is 2.40 bits per heavy atom. The second-order valence-electron chi connectivity index (χ2n) is 8.16. The molecule has 154 valence electrons. The molecule has 3 nitrogen and oxygen atoms in total. The van der Waals surface area contributed by atoms with Crippen LogP contribution in [-0.2, 0) is 11.6 Å². The normalized spacial score (nSPS) is 12.5. The van der Waals surface area contributed by atoms with Gasteiger partial charge in [0.15, 0.2) is 0 Å². The first-order chi connectivity index (χ1) is 14.0. The molecule has 0 saturated carbocycles. The largest absolute Gasteiger partial charge is 0.418 e. The van der Waals surface area contributed by atoms with Crippen LogP contribution in [0, 0.1) is 0 Å². The van der Waals surface area contributed by atoms with Crippen LogP contribution in [0.4, 0.5) is 13.2 Å². The van der Waals surface area contributed by atoms with E-state index in [1.54, 1.807) is 18.2 Å². The van der Waals surface area contributed by atoms with E-state index in [2.05, 4.69) is 41.8 Å². The second kappa shape index (κ2) is 7.13. The summed E-state index contributed by atoms with van der Waals surface area (Å²) in [6.07, 6.45) is -3.20. The Labute approximate surface area is 177 Å². The molecule has 30 heavy (non-hydrogen) atoms. The Hall–Kier alpha value is -2.86. The van der Waals surface area contributed by atoms with E-state index in [-0.39, 0.29) is 21.7 Å². The van der Waals surface area contributed by atoms with E-state index < -0.39 is 11.7 Å². The van der Waals surface area contributed by atoms with Gasteiger partial charge in [0.05, 0.1) is 27.3 Å². The van der Waals surface area contributed by atoms with Crippen LogP contribution in [0.25, 0.3) is 33.7 Å². The smallest absolute Gasteiger partial charge is 0.338 e. The van der Waals surface area contributed by atoms with Crippen LogP contribution in [0.15, 0.2) is 54.7 Å². The minimum Gasteiger partial charge on any atom is -0.338 e. The topological polar surface area (TPSA) is 41.6 Å². The molecular formula is C23H19ClF3N3. The first-order valence-electron chi connectivity index (χ1n) is 9.37. The number of hydrogen-bond donors (Lipinski definition) is 1. The summed E-state index contributed by atoms with van der Waals surface area (Å²) in [6, 6.07) is 13.2. The summed E-state index contributed by atoms with van der Waals surface area (Å²) in [6.45, 7) is 6.41. The van der Waals surface area contributed by atoms with Crippen molar-refractivity contribution in [2.75, 3.05) is 0 Å². The molecule has 0 aliphatic heterocycles. The molecule has 2 heterocycles. The second-order valence-corrected chi connectivity index (χ2v) is 8.57. The first kappa shape index (κ1) is 20.4. The van der Waals surface area contributed by atoms with Gasteiger partial charge in [0, 0.05) is 17.3 Å². The van der Waals surface area contributed by atoms with Crippen molar-refractivity contribution >= 4 is 22.6 Å². The molecule has 0 fully saturated rings. The van der Waals surface area contributed by atoms with Gasteiger partial charge in [-0.25, -0.2) is 4.98 Å². The summed E-state index contributed by atoms with van der Waals surface area (Å²) in [5, 5.41) is 0.174. The lowest BCUT2D eigenvalue weighted by Gasteiger charge is -2.18. The maximum absolute atomic E-state index is 13.3. The van der Waals surface area contributed by atoms with Gasteiger partial charge in [0.1, 0.15) is 5.82 Å². The molecule has 7 heteroatoms. The highest BCUT2D eigenvalue weighted by molar-refractivity contribution is 6.33. The summed E-state index contributed by atoms with van der Waals surface area (Å²) in [5.41, 5.74) is 2.77. The van der Waals surface area contributed by atoms with Crippen molar-refractivity contribution in [1.82, 2.24) is 15.0 Å². The van der Waals surface area contributed by atoms with Gasteiger partial charge in [-0.3, -0.25) is 4.98 Å². The van der Waals surface area contributed by atoms with Gasteiger partial charge in [-0.15, -0.1) is 0 Å². The monoisotopic (exact) mass is 429 g/mol. The van der Waals surface area contributed by atoms with Crippen molar-refractivity contribution in [2.24, 2.45) is 0 Å². The molecule has 0 radical (unpaired) electrons. The number of H-pyrrole nitrogens is 1. The molecule has 4 rings (SSSR count). The molecule has 0 bridgehead atoms. The number of nitrogens with zero attached hydrogens (tertiary/aromatic N) is 2. The number of halogens is 4. The molecular weight excluding hydrogens is 411 g/mol. The van der Waals surface area contributed by atoms with Gasteiger partial charge in [0.2, 0.25) is 0 Å². The summed E-state index contributed by atoms with van der Waals surface area (Å²) in [7, 11) is 0. The highest BCUT2D eigenvalue weighted by Gasteiger charge is 2.34. The van der Waals surface area contributed by atoms with Crippen molar-refractivity contribution in [2.45, 2.75) is 32.4 Å². The SMILES string of the molecule is CC(C)(C)c1ccc2nc(-c3ccc(-c4ncccc4C(F)(F)F)c(Cl)c3)[nH]c2c1. The zero-order valence-electron chi connectivity index (χ0n) is 16.6. The molecule has 0 saturated heterocycles. The van der Waals surface area contributed by atoms with Gasteiger partial charge < -0.3 is 4.98 Å². The number of rotatable bonds is 2. The number of imidazole rings is 1. The lowest BCUT2D eigenvalue weighted by atomic mass is 9.87.